The number of esters is 1. The lowest BCUT2D eigenvalue weighted by Gasteiger charge is -2.19. The number of pyridine rings is 1. The van der Waals surface area contributed by atoms with Gasteiger partial charge in [-0.3, -0.25) is 4.79 Å². The average molecular weight is 395 g/mol. The van der Waals surface area contributed by atoms with Crippen LogP contribution in [0.15, 0.2) is 60.3 Å². The number of aromatic nitrogens is 1. The molecule has 1 atom stereocenters. The number of ether oxygens (including phenoxy) is 2. The minimum Gasteiger partial charge on any atom is -0.457 e. The molecule has 2 aromatic rings. The first-order valence-corrected chi connectivity index (χ1v) is 10.4. The van der Waals surface area contributed by atoms with Gasteiger partial charge in [0, 0.05) is 32.7 Å². The van der Waals surface area contributed by atoms with Crippen molar-refractivity contribution < 1.29 is 14.3 Å². The molecule has 154 valence electrons. The molecule has 1 unspecified atom stereocenters. The molecule has 0 bridgehead atoms. The van der Waals surface area contributed by atoms with E-state index in [9.17, 15) is 4.79 Å². The van der Waals surface area contributed by atoms with Gasteiger partial charge in [-0.1, -0.05) is 36.4 Å². The smallest absolute Gasteiger partial charge is 0.303 e. The Bertz CT molecular complexity index is 805. The van der Waals surface area contributed by atoms with Crippen LogP contribution in [-0.2, 0) is 20.7 Å². The SMILES string of the molecule is CC(=O)OC1CC(COCCCCCNc2ccccn2)=CCc2ccccc21. The predicted molar refractivity (Wildman–Crippen MR) is 115 cm³/mol. The first kappa shape index (κ1) is 21.1. The van der Waals surface area contributed by atoms with E-state index in [0.29, 0.717) is 13.0 Å². The lowest BCUT2D eigenvalue weighted by molar-refractivity contribution is -0.146. The quantitative estimate of drug-likeness (QED) is 0.354. The Hall–Kier alpha value is -2.66. The fourth-order valence-electron chi connectivity index (χ4n) is 3.54. The van der Waals surface area contributed by atoms with Crippen LogP contribution in [0.4, 0.5) is 5.82 Å². The minimum atomic E-state index is -0.244. The maximum Gasteiger partial charge on any atom is 0.303 e. The lowest BCUT2D eigenvalue weighted by atomic mass is 10.00. The number of hydrogen-bond acceptors (Lipinski definition) is 5. The number of carbonyl (C=O) groups excluding carboxylic acids is 1. The number of nitrogens with one attached hydrogen (secondary N) is 1. The largest absolute Gasteiger partial charge is 0.457 e. The van der Waals surface area contributed by atoms with Crippen molar-refractivity contribution in [1.82, 2.24) is 4.98 Å². The molecule has 5 heteroatoms. The maximum atomic E-state index is 11.5. The van der Waals surface area contributed by atoms with Crippen LogP contribution in [0.1, 0.15) is 49.8 Å². The molecule has 1 aliphatic rings. The van der Waals surface area contributed by atoms with Crippen molar-refractivity contribution in [2.75, 3.05) is 25.1 Å². The number of fused-ring (bicyclic) bond motifs is 1. The Labute approximate surface area is 173 Å². The Morgan fingerprint density at radius 2 is 2.00 bits per heavy atom. The zero-order valence-electron chi connectivity index (χ0n) is 17.1. The Kier molecular flexibility index (Phi) is 8.25. The van der Waals surface area contributed by atoms with Crippen molar-refractivity contribution >= 4 is 11.8 Å². The number of rotatable bonds is 10. The standard InChI is InChI=1S/C24H30N2O3/c1-19(27)29-23-17-20(12-13-21-9-3-4-10-22(21)23)18-28-16-8-2-6-14-25-24-11-5-7-15-26-24/h3-5,7,9-12,15,23H,2,6,8,13-14,16-18H2,1H3,(H,25,26). The van der Waals surface area contributed by atoms with E-state index >= 15 is 0 Å². The molecule has 0 spiro atoms. The lowest BCUT2D eigenvalue weighted by Crippen LogP contribution is -2.11. The summed E-state index contributed by atoms with van der Waals surface area (Å²) in [5, 5.41) is 3.32. The maximum absolute atomic E-state index is 11.5. The number of nitrogens with zero attached hydrogens (tertiary/aromatic N) is 1. The molecule has 3 rings (SSSR count). The molecular formula is C24H30N2O3. The molecule has 0 saturated carbocycles. The predicted octanol–water partition coefficient (Wildman–Crippen LogP) is 4.86. The zero-order chi connectivity index (χ0) is 20.3. The second-order valence-corrected chi connectivity index (χ2v) is 7.32. The Balaban J connectivity index is 1.36. The van der Waals surface area contributed by atoms with Crippen LogP contribution < -0.4 is 5.32 Å². The average Bonchev–Trinajstić information content (AvgIpc) is 2.90. The second-order valence-electron chi connectivity index (χ2n) is 7.32. The first-order valence-electron chi connectivity index (χ1n) is 10.4. The molecule has 5 nitrogen and oxygen atoms in total. The minimum absolute atomic E-state index is 0.223. The number of benzene rings is 1. The van der Waals surface area contributed by atoms with Gasteiger partial charge in [0.1, 0.15) is 11.9 Å². The van der Waals surface area contributed by atoms with E-state index in [1.54, 1.807) is 6.20 Å². The molecule has 29 heavy (non-hydrogen) atoms. The molecule has 1 heterocycles. The normalized spacial score (nSPS) is 15.8. The number of hydrogen-bond donors (Lipinski definition) is 1. The summed E-state index contributed by atoms with van der Waals surface area (Å²) in [6.45, 7) is 3.73. The van der Waals surface area contributed by atoms with E-state index in [4.69, 9.17) is 9.47 Å². The van der Waals surface area contributed by atoms with Crippen LogP contribution in [0.25, 0.3) is 0 Å². The van der Waals surface area contributed by atoms with Gasteiger partial charge in [0.2, 0.25) is 0 Å². The molecular weight excluding hydrogens is 364 g/mol. The van der Waals surface area contributed by atoms with Crippen LogP contribution in [-0.4, -0.2) is 30.7 Å². The summed E-state index contributed by atoms with van der Waals surface area (Å²) < 4.78 is 11.5. The molecule has 1 aromatic carbocycles. The highest BCUT2D eigenvalue weighted by Gasteiger charge is 2.22. The summed E-state index contributed by atoms with van der Waals surface area (Å²) in [6.07, 6.45) is 8.58. The van der Waals surface area contributed by atoms with Crippen molar-refractivity contribution in [3.63, 3.8) is 0 Å². The van der Waals surface area contributed by atoms with Gasteiger partial charge in [-0.2, -0.15) is 0 Å². The summed E-state index contributed by atoms with van der Waals surface area (Å²) >= 11 is 0. The number of carbonyl (C=O) groups is 1. The summed E-state index contributed by atoms with van der Waals surface area (Å²) in [6, 6.07) is 14.1. The number of anilines is 1. The Morgan fingerprint density at radius 1 is 1.14 bits per heavy atom. The Morgan fingerprint density at radius 3 is 2.83 bits per heavy atom. The summed E-state index contributed by atoms with van der Waals surface area (Å²) in [4.78, 5) is 15.8. The summed E-state index contributed by atoms with van der Waals surface area (Å²) in [5.41, 5.74) is 3.52. The van der Waals surface area contributed by atoms with Gasteiger partial charge in [-0.05, 0) is 54.5 Å². The molecule has 0 amide bonds. The van der Waals surface area contributed by atoms with E-state index < -0.39 is 0 Å². The van der Waals surface area contributed by atoms with Crippen molar-refractivity contribution in [2.24, 2.45) is 0 Å². The van der Waals surface area contributed by atoms with Gasteiger partial charge in [0.05, 0.1) is 6.61 Å². The van der Waals surface area contributed by atoms with Crippen LogP contribution in [0.2, 0.25) is 0 Å². The van der Waals surface area contributed by atoms with Gasteiger partial charge in [-0.25, -0.2) is 4.98 Å². The summed E-state index contributed by atoms with van der Waals surface area (Å²) in [7, 11) is 0. The van der Waals surface area contributed by atoms with Crippen LogP contribution in [0.5, 0.6) is 0 Å². The molecule has 0 saturated heterocycles. The van der Waals surface area contributed by atoms with Crippen LogP contribution in [0.3, 0.4) is 0 Å². The van der Waals surface area contributed by atoms with Crippen molar-refractivity contribution in [2.45, 2.75) is 45.1 Å². The van der Waals surface area contributed by atoms with Gasteiger partial charge in [-0.15, -0.1) is 0 Å². The molecule has 0 aliphatic heterocycles. The third kappa shape index (κ3) is 7.02. The molecule has 1 aliphatic carbocycles. The van der Waals surface area contributed by atoms with E-state index in [0.717, 1.165) is 50.2 Å². The van der Waals surface area contributed by atoms with Gasteiger partial charge >= 0.3 is 5.97 Å². The third-order valence-electron chi connectivity index (χ3n) is 4.99. The van der Waals surface area contributed by atoms with Gasteiger partial charge < -0.3 is 14.8 Å². The highest BCUT2D eigenvalue weighted by Crippen LogP contribution is 2.31. The number of unbranched alkanes of at least 4 members (excludes halogenated alkanes) is 2. The van der Waals surface area contributed by atoms with Crippen molar-refractivity contribution in [3.05, 3.63) is 71.4 Å². The molecule has 1 aromatic heterocycles. The highest BCUT2D eigenvalue weighted by molar-refractivity contribution is 5.66. The van der Waals surface area contributed by atoms with Crippen molar-refractivity contribution in [3.8, 4) is 0 Å². The van der Waals surface area contributed by atoms with Crippen molar-refractivity contribution in [1.29, 1.82) is 0 Å². The van der Waals surface area contributed by atoms with Gasteiger partial charge in [0.25, 0.3) is 0 Å². The number of allylic oxidation sites excluding steroid dienone is 1. The van der Waals surface area contributed by atoms with Gasteiger partial charge in [0.15, 0.2) is 0 Å². The monoisotopic (exact) mass is 394 g/mol. The van der Waals surface area contributed by atoms with E-state index in [-0.39, 0.29) is 12.1 Å². The van der Waals surface area contributed by atoms with E-state index in [1.165, 1.54) is 18.1 Å². The van der Waals surface area contributed by atoms with E-state index in [2.05, 4.69) is 28.5 Å². The zero-order valence-corrected chi connectivity index (χ0v) is 17.1. The fourth-order valence-corrected chi connectivity index (χ4v) is 3.54. The van der Waals surface area contributed by atoms with E-state index in [1.807, 2.05) is 30.3 Å². The highest BCUT2D eigenvalue weighted by atomic mass is 16.5. The van der Waals surface area contributed by atoms with Crippen LogP contribution >= 0.6 is 0 Å². The fraction of sp³-hybridized carbons (Fsp3) is 0.417. The summed E-state index contributed by atoms with van der Waals surface area (Å²) in [5.74, 6) is 0.679. The second kappa shape index (κ2) is 11.4. The molecule has 1 N–H and O–H groups in total. The first-order chi connectivity index (χ1) is 14.2. The van der Waals surface area contributed by atoms with Crippen LogP contribution in [0, 0.1) is 0 Å². The third-order valence-corrected chi connectivity index (χ3v) is 4.99. The molecule has 0 fully saturated rings. The molecule has 0 radical (unpaired) electrons. The topological polar surface area (TPSA) is 60.5 Å².